The van der Waals surface area contributed by atoms with Gasteiger partial charge in [-0.1, -0.05) is 11.8 Å². The highest BCUT2D eigenvalue weighted by Gasteiger charge is 2.13. The summed E-state index contributed by atoms with van der Waals surface area (Å²) in [5, 5.41) is 8.67. The lowest BCUT2D eigenvalue weighted by atomic mass is 10.2. The standard InChI is InChI=1S/C9H8F2O3S/c1-14-6-3-2-5(8(12)13)4-7(6)15-9(10)11/h2-4,9H,1H3,(H,12,13). The molecule has 0 aliphatic rings. The Morgan fingerprint density at radius 3 is 2.67 bits per heavy atom. The Morgan fingerprint density at radius 2 is 2.20 bits per heavy atom. The summed E-state index contributed by atoms with van der Waals surface area (Å²) in [6.45, 7) is 0. The van der Waals surface area contributed by atoms with Gasteiger partial charge in [0.15, 0.2) is 0 Å². The lowest BCUT2D eigenvalue weighted by Gasteiger charge is -2.07. The van der Waals surface area contributed by atoms with Gasteiger partial charge in [0.1, 0.15) is 5.75 Å². The van der Waals surface area contributed by atoms with Crippen LogP contribution in [0, 0.1) is 0 Å². The van der Waals surface area contributed by atoms with Crippen LogP contribution < -0.4 is 4.74 Å². The van der Waals surface area contributed by atoms with Gasteiger partial charge in [-0.05, 0) is 18.2 Å². The van der Waals surface area contributed by atoms with Crippen molar-refractivity contribution < 1.29 is 23.4 Å². The predicted octanol–water partition coefficient (Wildman–Crippen LogP) is 2.71. The molecular weight excluding hydrogens is 226 g/mol. The van der Waals surface area contributed by atoms with Crippen molar-refractivity contribution in [3.63, 3.8) is 0 Å². The van der Waals surface area contributed by atoms with E-state index in [0.29, 0.717) is 0 Å². The molecule has 1 aromatic rings. The molecule has 0 bridgehead atoms. The first kappa shape index (κ1) is 11.8. The molecule has 0 aromatic heterocycles. The maximum Gasteiger partial charge on any atom is 0.335 e. The van der Waals surface area contributed by atoms with Crippen LogP contribution in [0.1, 0.15) is 10.4 Å². The summed E-state index contributed by atoms with van der Waals surface area (Å²) in [5.74, 6) is -3.53. The van der Waals surface area contributed by atoms with Gasteiger partial charge in [0.05, 0.1) is 17.6 Å². The van der Waals surface area contributed by atoms with Crippen LogP contribution in [0.5, 0.6) is 5.75 Å². The van der Waals surface area contributed by atoms with Gasteiger partial charge in [0.2, 0.25) is 0 Å². The predicted molar refractivity (Wildman–Crippen MR) is 51.8 cm³/mol. The van der Waals surface area contributed by atoms with E-state index in [-0.39, 0.29) is 28.0 Å². The molecule has 1 aromatic carbocycles. The zero-order valence-corrected chi connectivity index (χ0v) is 8.55. The van der Waals surface area contributed by atoms with Crippen molar-refractivity contribution in [2.45, 2.75) is 10.7 Å². The highest BCUT2D eigenvalue weighted by Crippen LogP contribution is 2.34. The van der Waals surface area contributed by atoms with Crippen molar-refractivity contribution in [1.82, 2.24) is 0 Å². The zero-order valence-electron chi connectivity index (χ0n) is 7.74. The minimum atomic E-state index is -2.61. The van der Waals surface area contributed by atoms with Crippen LogP contribution in [0.15, 0.2) is 23.1 Å². The molecule has 1 N–H and O–H groups in total. The molecule has 0 fully saturated rings. The minimum Gasteiger partial charge on any atom is -0.496 e. The Morgan fingerprint density at radius 1 is 1.53 bits per heavy atom. The van der Waals surface area contributed by atoms with Gasteiger partial charge >= 0.3 is 5.97 Å². The van der Waals surface area contributed by atoms with E-state index in [1.165, 1.54) is 19.2 Å². The Bertz CT molecular complexity index is 368. The molecule has 0 radical (unpaired) electrons. The van der Waals surface area contributed by atoms with Crippen molar-refractivity contribution in [3.05, 3.63) is 23.8 Å². The number of rotatable bonds is 4. The Balaban J connectivity index is 3.07. The van der Waals surface area contributed by atoms with Crippen LogP contribution in [-0.4, -0.2) is 23.9 Å². The number of carboxylic acids is 1. The van der Waals surface area contributed by atoms with E-state index in [2.05, 4.69) is 0 Å². The van der Waals surface area contributed by atoms with Gasteiger partial charge in [-0.2, -0.15) is 8.78 Å². The summed E-state index contributed by atoms with van der Waals surface area (Å²) in [6.07, 6.45) is 0. The van der Waals surface area contributed by atoms with E-state index >= 15 is 0 Å². The average Bonchev–Trinajstić information content (AvgIpc) is 2.16. The maximum absolute atomic E-state index is 12.1. The molecule has 0 atom stereocenters. The van der Waals surface area contributed by atoms with Crippen molar-refractivity contribution in [1.29, 1.82) is 0 Å². The highest BCUT2D eigenvalue weighted by atomic mass is 32.2. The number of methoxy groups -OCH3 is 1. The van der Waals surface area contributed by atoms with E-state index in [0.717, 1.165) is 6.07 Å². The van der Waals surface area contributed by atoms with Crippen LogP contribution in [-0.2, 0) is 0 Å². The second-order valence-electron chi connectivity index (χ2n) is 2.55. The van der Waals surface area contributed by atoms with Gasteiger partial charge < -0.3 is 9.84 Å². The fourth-order valence-electron chi connectivity index (χ4n) is 0.998. The number of carboxylic acid groups (broad SMARTS) is 1. The fraction of sp³-hybridized carbons (Fsp3) is 0.222. The van der Waals surface area contributed by atoms with E-state index in [4.69, 9.17) is 9.84 Å². The highest BCUT2D eigenvalue weighted by molar-refractivity contribution is 7.99. The van der Waals surface area contributed by atoms with E-state index < -0.39 is 11.7 Å². The van der Waals surface area contributed by atoms with Crippen LogP contribution >= 0.6 is 11.8 Å². The number of thioether (sulfide) groups is 1. The number of hydrogen-bond acceptors (Lipinski definition) is 3. The lowest BCUT2D eigenvalue weighted by molar-refractivity contribution is 0.0696. The number of halogens is 2. The number of ether oxygens (including phenoxy) is 1. The van der Waals surface area contributed by atoms with E-state index in [9.17, 15) is 13.6 Å². The number of aromatic carboxylic acids is 1. The molecule has 0 unspecified atom stereocenters. The summed E-state index contributed by atoms with van der Waals surface area (Å²) in [5.41, 5.74) is -0.0426. The first-order valence-electron chi connectivity index (χ1n) is 3.90. The van der Waals surface area contributed by atoms with Gasteiger partial charge in [-0.3, -0.25) is 0 Å². The molecule has 82 valence electrons. The van der Waals surface area contributed by atoms with Gasteiger partial charge in [-0.15, -0.1) is 0 Å². The van der Waals surface area contributed by atoms with E-state index in [1.54, 1.807) is 0 Å². The van der Waals surface area contributed by atoms with Crippen LogP contribution in [0.4, 0.5) is 8.78 Å². The molecule has 6 heteroatoms. The average molecular weight is 234 g/mol. The third-order valence-corrected chi connectivity index (χ3v) is 2.38. The van der Waals surface area contributed by atoms with Crippen molar-refractivity contribution in [3.8, 4) is 5.75 Å². The largest absolute Gasteiger partial charge is 0.496 e. The lowest BCUT2D eigenvalue weighted by Crippen LogP contribution is -1.98. The first-order valence-corrected chi connectivity index (χ1v) is 4.78. The molecule has 0 saturated carbocycles. The summed E-state index contributed by atoms with van der Waals surface area (Å²) in [4.78, 5) is 10.7. The number of benzene rings is 1. The maximum atomic E-state index is 12.1. The molecule has 15 heavy (non-hydrogen) atoms. The normalized spacial score (nSPS) is 10.4. The third kappa shape index (κ3) is 3.09. The first-order chi connectivity index (χ1) is 7.04. The van der Waals surface area contributed by atoms with Crippen molar-refractivity contribution in [2.75, 3.05) is 7.11 Å². The second-order valence-corrected chi connectivity index (χ2v) is 3.58. The topological polar surface area (TPSA) is 46.5 Å². The van der Waals surface area contributed by atoms with Crippen LogP contribution in [0.2, 0.25) is 0 Å². The zero-order chi connectivity index (χ0) is 11.4. The number of carbonyl (C=O) groups is 1. The van der Waals surface area contributed by atoms with Gasteiger partial charge in [0, 0.05) is 0 Å². The van der Waals surface area contributed by atoms with Gasteiger partial charge in [-0.25, -0.2) is 4.79 Å². The fourth-order valence-corrected chi connectivity index (χ4v) is 1.65. The monoisotopic (exact) mass is 234 g/mol. The molecule has 0 saturated heterocycles. The molecule has 0 spiro atoms. The summed E-state index contributed by atoms with van der Waals surface area (Å²) < 4.78 is 29.1. The molecular formula is C9H8F2O3S. The molecule has 1 rings (SSSR count). The SMILES string of the molecule is COc1ccc(C(=O)O)cc1SC(F)F. The van der Waals surface area contributed by atoms with Crippen molar-refractivity contribution >= 4 is 17.7 Å². The molecule has 0 aliphatic carbocycles. The smallest absolute Gasteiger partial charge is 0.335 e. The summed E-state index contributed by atoms with van der Waals surface area (Å²) in [7, 11) is 1.34. The quantitative estimate of drug-likeness (QED) is 0.813. The summed E-state index contributed by atoms with van der Waals surface area (Å²) in [6, 6.07) is 3.82. The third-order valence-electron chi connectivity index (χ3n) is 1.63. The van der Waals surface area contributed by atoms with Crippen LogP contribution in [0.25, 0.3) is 0 Å². The molecule has 0 aliphatic heterocycles. The minimum absolute atomic E-state index is 0.0426. The second kappa shape index (κ2) is 4.97. The summed E-state index contributed by atoms with van der Waals surface area (Å²) >= 11 is 0.260. The Labute approximate surface area is 89.0 Å². The molecule has 0 heterocycles. The molecule has 0 amide bonds. The van der Waals surface area contributed by atoms with Crippen LogP contribution in [0.3, 0.4) is 0 Å². The van der Waals surface area contributed by atoms with Crippen molar-refractivity contribution in [2.24, 2.45) is 0 Å². The Hall–Kier alpha value is -1.30. The Kier molecular flexibility index (Phi) is 3.90. The van der Waals surface area contributed by atoms with Gasteiger partial charge in [0.25, 0.3) is 5.76 Å². The van der Waals surface area contributed by atoms with E-state index in [1.807, 2.05) is 0 Å². The molecule has 3 nitrogen and oxygen atoms in total. The number of hydrogen-bond donors (Lipinski definition) is 1. The number of alkyl halides is 2.